The molecule has 0 spiro atoms. The number of rotatable bonds is 6. The molecule has 15 heavy (non-hydrogen) atoms. The van der Waals surface area contributed by atoms with Crippen molar-refractivity contribution in [2.75, 3.05) is 25.1 Å². The van der Waals surface area contributed by atoms with E-state index >= 15 is 0 Å². The lowest BCUT2D eigenvalue weighted by Crippen LogP contribution is -2.32. The van der Waals surface area contributed by atoms with Gasteiger partial charge in [-0.15, -0.1) is 11.8 Å². The molecule has 0 aliphatic rings. The third-order valence-corrected chi connectivity index (χ3v) is 2.55. The van der Waals surface area contributed by atoms with Gasteiger partial charge in [0.1, 0.15) is 0 Å². The smallest absolute Gasteiger partial charge is 0.313 e. The number of nitriles is 1. The number of hydrogen-bond acceptors (Lipinski definition) is 4. The van der Waals surface area contributed by atoms with Gasteiger partial charge in [-0.05, 0) is 6.92 Å². The summed E-state index contributed by atoms with van der Waals surface area (Å²) >= 11 is 1.06. The van der Waals surface area contributed by atoms with E-state index in [2.05, 4.69) is 0 Å². The summed E-state index contributed by atoms with van der Waals surface area (Å²) in [7, 11) is 1.61. The molecular formula is C9H14N2O3S. The van der Waals surface area contributed by atoms with Crippen LogP contribution in [0, 0.1) is 17.2 Å². The van der Waals surface area contributed by atoms with Crippen LogP contribution in [0.4, 0.5) is 0 Å². The van der Waals surface area contributed by atoms with E-state index in [1.807, 2.05) is 6.07 Å². The van der Waals surface area contributed by atoms with E-state index in [1.165, 1.54) is 4.90 Å². The van der Waals surface area contributed by atoms with Crippen molar-refractivity contribution in [3.05, 3.63) is 0 Å². The summed E-state index contributed by atoms with van der Waals surface area (Å²) in [5.74, 6) is -1.22. The average Bonchev–Trinajstić information content (AvgIpc) is 2.16. The largest absolute Gasteiger partial charge is 0.481 e. The van der Waals surface area contributed by atoms with E-state index in [0.717, 1.165) is 11.8 Å². The Morgan fingerprint density at radius 1 is 1.53 bits per heavy atom. The summed E-state index contributed by atoms with van der Waals surface area (Å²) in [4.78, 5) is 23.0. The minimum absolute atomic E-state index is 0.0760. The van der Waals surface area contributed by atoms with Crippen LogP contribution in [0.25, 0.3) is 0 Å². The van der Waals surface area contributed by atoms with Gasteiger partial charge in [0.2, 0.25) is 5.91 Å². The zero-order chi connectivity index (χ0) is 11.8. The Labute approximate surface area is 93.1 Å². The van der Waals surface area contributed by atoms with Gasteiger partial charge in [-0.3, -0.25) is 9.59 Å². The van der Waals surface area contributed by atoms with Crippen molar-refractivity contribution in [1.29, 1.82) is 5.26 Å². The van der Waals surface area contributed by atoms with Crippen molar-refractivity contribution in [3.63, 3.8) is 0 Å². The highest BCUT2D eigenvalue weighted by molar-refractivity contribution is 8.00. The SMILES string of the molecule is CC(C#N)CN(C)C(=O)CSCC(=O)O. The highest BCUT2D eigenvalue weighted by Crippen LogP contribution is 2.03. The Hall–Kier alpha value is -1.22. The molecule has 0 heterocycles. The molecule has 0 fully saturated rings. The highest BCUT2D eigenvalue weighted by Gasteiger charge is 2.12. The molecule has 0 saturated heterocycles. The molecule has 0 aliphatic heterocycles. The fraction of sp³-hybridized carbons (Fsp3) is 0.667. The van der Waals surface area contributed by atoms with Gasteiger partial charge in [-0.1, -0.05) is 0 Å². The molecule has 1 amide bonds. The Morgan fingerprint density at radius 3 is 2.60 bits per heavy atom. The fourth-order valence-electron chi connectivity index (χ4n) is 0.889. The van der Waals surface area contributed by atoms with E-state index in [1.54, 1.807) is 14.0 Å². The van der Waals surface area contributed by atoms with E-state index < -0.39 is 5.97 Å². The third-order valence-electron chi connectivity index (χ3n) is 1.64. The van der Waals surface area contributed by atoms with Crippen LogP contribution in [0.15, 0.2) is 0 Å². The molecule has 0 aromatic heterocycles. The molecule has 1 N–H and O–H groups in total. The van der Waals surface area contributed by atoms with Crippen molar-refractivity contribution in [1.82, 2.24) is 4.90 Å². The lowest BCUT2D eigenvalue weighted by molar-refractivity contribution is -0.133. The maximum atomic E-state index is 11.4. The van der Waals surface area contributed by atoms with Crippen molar-refractivity contribution in [2.24, 2.45) is 5.92 Å². The van der Waals surface area contributed by atoms with Crippen LogP contribution in [0.5, 0.6) is 0 Å². The molecule has 5 nitrogen and oxygen atoms in total. The van der Waals surface area contributed by atoms with Crippen LogP contribution in [-0.4, -0.2) is 47.0 Å². The number of thioether (sulfide) groups is 1. The number of hydrogen-bond donors (Lipinski definition) is 1. The molecule has 0 bridgehead atoms. The van der Waals surface area contributed by atoms with E-state index in [0.29, 0.717) is 6.54 Å². The molecule has 1 unspecified atom stereocenters. The van der Waals surface area contributed by atoms with E-state index in [4.69, 9.17) is 10.4 Å². The average molecular weight is 230 g/mol. The number of nitrogens with zero attached hydrogens (tertiary/aromatic N) is 2. The van der Waals surface area contributed by atoms with E-state index in [-0.39, 0.29) is 23.3 Å². The molecule has 0 saturated carbocycles. The highest BCUT2D eigenvalue weighted by atomic mass is 32.2. The number of carbonyl (C=O) groups excluding carboxylic acids is 1. The fourth-order valence-corrected chi connectivity index (χ4v) is 1.56. The second-order valence-corrected chi connectivity index (χ2v) is 4.18. The third kappa shape index (κ3) is 6.80. The Morgan fingerprint density at radius 2 is 2.13 bits per heavy atom. The maximum absolute atomic E-state index is 11.4. The standard InChI is InChI=1S/C9H14N2O3S/c1-7(3-10)4-11(2)8(12)5-15-6-9(13)14/h7H,4-6H2,1-2H3,(H,13,14). The number of carbonyl (C=O) groups is 2. The van der Waals surface area contributed by atoms with Crippen molar-refractivity contribution < 1.29 is 14.7 Å². The van der Waals surface area contributed by atoms with Gasteiger partial charge < -0.3 is 10.0 Å². The molecule has 0 aliphatic carbocycles. The van der Waals surface area contributed by atoms with Gasteiger partial charge >= 0.3 is 5.97 Å². The van der Waals surface area contributed by atoms with Gasteiger partial charge in [0.05, 0.1) is 23.5 Å². The van der Waals surface area contributed by atoms with Crippen molar-refractivity contribution >= 4 is 23.6 Å². The predicted molar refractivity (Wildman–Crippen MR) is 57.4 cm³/mol. The second kappa shape index (κ2) is 7.12. The molecule has 0 aromatic carbocycles. The Bertz CT molecular complexity index is 275. The Balaban J connectivity index is 3.80. The van der Waals surface area contributed by atoms with Crippen LogP contribution in [0.3, 0.4) is 0 Å². The first-order chi connectivity index (χ1) is 6.97. The van der Waals surface area contributed by atoms with Gasteiger partial charge in [-0.2, -0.15) is 5.26 Å². The van der Waals surface area contributed by atoms with Gasteiger partial charge in [0.15, 0.2) is 0 Å². The van der Waals surface area contributed by atoms with Crippen LogP contribution in [0.1, 0.15) is 6.92 Å². The van der Waals surface area contributed by atoms with Crippen molar-refractivity contribution in [3.8, 4) is 6.07 Å². The first kappa shape index (κ1) is 13.8. The second-order valence-electron chi connectivity index (χ2n) is 3.19. The summed E-state index contributed by atoms with van der Waals surface area (Å²) in [5, 5.41) is 16.9. The monoisotopic (exact) mass is 230 g/mol. The van der Waals surface area contributed by atoms with Gasteiger partial charge in [-0.25, -0.2) is 0 Å². The summed E-state index contributed by atoms with van der Waals surface area (Å²) in [6.45, 7) is 2.11. The van der Waals surface area contributed by atoms with Crippen LogP contribution in [0.2, 0.25) is 0 Å². The lowest BCUT2D eigenvalue weighted by atomic mass is 10.2. The van der Waals surface area contributed by atoms with E-state index in [9.17, 15) is 9.59 Å². The number of carboxylic acid groups (broad SMARTS) is 1. The Kier molecular flexibility index (Phi) is 6.54. The molecular weight excluding hydrogens is 216 g/mol. The summed E-state index contributed by atoms with van der Waals surface area (Å²) in [6.07, 6.45) is 0. The molecule has 0 rings (SSSR count). The molecule has 6 heteroatoms. The quantitative estimate of drug-likeness (QED) is 0.715. The zero-order valence-electron chi connectivity index (χ0n) is 8.77. The van der Waals surface area contributed by atoms with Gasteiger partial charge in [0.25, 0.3) is 0 Å². The van der Waals surface area contributed by atoms with Crippen LogP contribution in [-0.2, 0) is 9.59 Å². The normalized spacial score (nSPS) is 11.5. The topological polar surface area (TPSA) is 81.4 Å². The van der Waals surface area contributed by atoms with Crippen molar-refractivity contribution in [2.45, 2.75) is 6.92 Å². The first-order valence-corrected chi connectivity index (χ1v) is 5.56. The molecule has 1 atom stereocenters. The molecule has 84 valence electrons. The van der Waals surface area contributed by atoms with Crippen LogP contribution >= 0.6 is 11.8 Å². The number of carboxylic acids is 1. The number of aliphatic carboxylic acids is 1. The minimum atomic E-state index is -0.930. The maximum Gasteiger partial charge on any atom is 0.313 e. The summed E-state index contributed by atoms with van der Waals surface area (Å²) in [6, 6.07) is 2.03. The summed E-state index contributed by atoms with van der Waals surface area (Å²) in [5.41, 5.74) is 0. The summed E-state index contributed by atoms with van der Waals surface area (Å²) < 4.78 is 0. The van der Waals surface area contributed by atoms with Gasteiger partial charge in [0, 0.05) is 13.6 Å². The molecule has 0 aromatic rings. The zero-order valence-corrected chi connectivity index (χ0v) is 9.58. The number of amides is 1. The predicted octanol–water partition coefficient (Wildman–Crippen LogP) is 0.422. The molecule has 0 radical (unpaired) electrons. The van der Waals surface area contributed by atoms with Crippen LogP contribution < -0.4 is 0 Å². The lowest BCUT2D eigenvalue weighted by Gasteiger charge is -2.17. The first-order valence-electron chi connectivity index (χ1n) is 4.40. The minimum Gasteiger partial charge on any atom is -0.481 e.